The molecule has 27 heavy (non-hydrogen) atoms. The zero-order valence-electron chi connectivity index (χ0n) is 16.1. The molecule has 1 spiro atoms. The Kier molecular flexibility index (Phi) is 4.99. The van der Waals surface area contributed by atoms with Gasteiger partial charge in [0.2, 0.25) is 5.91 Å². The van der Waals surface area contributed by atoms with E-state index in [0.717, 1.165) is 56.7 Å². The van der Waals surface area contributed by atoms with Gasteiger partial charge in [0, 0.05) is 46.1 Å². The average molecular weight is 373 g/mol. The van der Waals surface area contributed by atoms with Gasteiger partial charge < -0.3 is 19.0 Å². The highest BCUT2D eigenvalue weighted by Crippen LogP contribution is 2.41. The minimum atomic E-state index is 0.211. The van der Waals surface area contributed by atoms with E-state index in [1.807, 2.05) is 11.8 Å². The van der Waals surface area contributed by atoms with Crippen LogP contribution in [0.15, 0.2) is 10.7 Å². The predicted octanol–water partition coefficient (Wildman–Crippen LogP) is 2.04. The van der Waals surface area contributed by atoms with Crippen LogP contribution in [-0.2, 0) is 16.0 Å². The highest BCUT2D eigenvalue weighted by Gasteiger charge is 2.41. The van der Waals surface area contributed by atoms with Crippen molar-refractivity contribution in [2.75, 3.05) is 44.8 Å². The second-order valence-corrected chi connectivity index (χ2v) is 7.61. The molecular formula is C19H27N5O3. The monoisotopic (exact) mass is 373 g/mol. The van der Waals surface area contributed by atoms with Gasteiger partial charge in [-0.2, -0.15) is 4.98 Å². The van der Waals surface area contributed by atoms with Crippen LogP contribution in [0.1, 0.15) is 38.5 Å². The van der Waals surface area contributed by atoms with Crippen LogP contribution in [-0.4, -0.2) is 65.7 Å². The minimum absolute atomic E-state index is 0.211. The minimum Gasteiger partial charge on any atom is -0.422 e. The van der Waals surface area contributed by atoms with Crippen molar-refractivity contribution in [1.29, 1.82) is 0 Å². The zero-order chi connectivity index (χ0) is 18.9. The van der Waals surface area contributed by atoms with Gasteiger partial charge in [0.1, 0.15) is 6.33 Å². The van der Waals surface area contributed by atoms with Gasteiger partial charge in [0.25, 0.3) is 5.71 Å². The summed E-state index contributed by atoms with van der Waals surface area (Å²) in [6.07, 6.45) is 6.01. The summed E-state index contributed by atoms with van der Waals surface area (Å²) in [5, 5.41) is 0. The molecule has 0 saturated carbocycles. The fraction of sp³-hybridized carbons (Fsp3) is 0.684. The number of carbonyl (C=O) groups excluding carboxylic acids is 1. The number of likely N-dealkylation sites (tertiary alicyclic amines) is 1. The third-order valence-electron chi connectivity index (χ3n) is 5.96. The number of anilines is 1. The standard InChI is InChI=1S/C19H27N5O3/c1-3-14-22-16-17(20-13-21-18(16)27-14)23-8-6-19(7-9-23)5-4-15(25)24(12-19)10-11-26-2/h13H,3-12H2,1-2H3. The summed E-state index contributed by atoms with van der Waals surface area (Å²) >= 11 is 0. The molecule has 2 aliphatic heterocycles. The SMILES string of the molecule is CCc1nc2c(N3CCC4(CCC(=O)N(CCOC)C4)CC3)ncnc2o1. The third-order valence-corrected chi connectivity index (χ3v) is 5.96. The molecule has 2 aromatic heterocycles. The van der Waals surface area contributed by atoms with E-state index in [1.165, 1.54) is 0 Å². The van der Waals surface area contributed by atoms with Crippen LogP contribution in [0, 0.1) is 5.41 Å². The molecule has 4 rings (SSSR count). The number of methoxy groups -OCH3 is 1. The summed E-state index contributed by atoms with van der Waals surface area (Å²) < 4.78 is 10.8. The Balaban J connectivity index is 1.47. The number of hydrogen-bond acceptors (Lipinski definition) is 7. The fourth-order valence-corrected chi connectivity index (χ4v) is 4.28. The molecule has 8 nitrogen and oxygen atoms in total. The van der Waals surface area contributed by atoms with Crippen molar-refractivity contribution < 1.29 is 13.9 Å². The Hall–Kier alpha value is -2.22. The first-order valence-corrected chi connectivity index (χ1v) is 9.76. The predicted molar refractivity (Wildman–Crippen MR) is 101 cm³/mol. The smallest absolute Gasteiger partial charge is 0.252 e. The van der Waals surface area contributed by atoms with Crippen molar-refractivity contribution >= 4 is 23.0 Å². The van der Waals surface area contributed by atoms with E-state index in [4.69, 9.17) is 9.15 Å². The molecule has 0 bridgehead atoms. The van der Waals surface area contributed by atoms with Crippen molar-refractivity contribution in [3.8, 4) is 0 Å². The van der Waals surface area contributed by atoms with Crippen LogP contribution in [0.4, 0.5) is 5.82 Å². The van der Waals surface area contributed by atoms with Crippen LogP contribution in [0.2, 0.25) is 0 Å². The van der Waals surface area contributed by atoms with Crippen LogP contribution in [0.5, 0.6) is 0 Å². The lowest BCUT2D eigenvalue weighted by Gasteiger charge is -2.47. The van der Waals surface area contributed by atoms with Crippen molar-refractivity contribution in [3.05, 3.63) is 12.2 Å². The normalized spacial score (nSPS) is 20.0. The van der Waals surface area contributed by atoms with Gasteiger partial charge >= 0.3 is 0 Å². The first-order valence-electron chi connectivity index (χ1n) is 9.76. The summed E-state index contributed by atoms with van der Waals surface area (Å²) in [7, 11) is 1.68. The number of amides is 1. The molecule has 8 heteroatoms. The van der Waals surface area contributed by atoms with Crippen LogP contribution >= 0.6 is 0 Å². The number of carbonyl (C=O) groups is 1. The van der Waals surface area contributed by atoms with E-state index in [1.54, 1.807) is 13.4 Å². The Bertz CT molecular complexity index is 813. The number of aryl methyl sites for hydroxylation is 1. The highest BCUT2D eigenvalue weighted by molar-refractivity contribution is 5.81. The molecule has 2 aliphatic rings. The Morgan fingerprint density at radius 1 is 1.26 bits per heavy atom. The van der Waals surface area contributed by atoms with E-state index in [2.05, 4.69) is 19.9 Å². The maximum absolute atomic E-state index is 12.2. The number of hydrogen-bond donors (Lipinski definition) is 0. The average Bonchev–Trinajstić information content (AvgIpc) is 3.13. The summed E-state index contributed by atoms with van der Waals surface area (Å²) in [6, 6.07) is 0. The lowest BCUT2D eigenvalue weighted by molar-refractivity contribution is -0.139. The van der Waals surface area contributed by atoms with E-state index in [-0.39, 0.29) is 11.3 Å². The topological polar surface area (TPSA) is 84.6 Å². The lowest BCUT2D eigenvalue weighted by atomic mass is 9.72. The van der Waals surface area contributed by atoms with Crippen LogP contribution in [0.25, 0.3) is 11.2 Å². The lowest BCUT2D eigenvalue weighted by Crippen LogP contribution is -2.52. The molecular weight excluding hydrogens is 346 g/mol. The van der Waals surface area contributed by atoms with Gasteiger partial charge in [-0.05, 0) is 24.7 Å². The number of fused-ring (bicyclic) bond motifs is 1. The molecule has 0 aromatic carbocycles. The van der Waals surface area contributed by atoms with E-state index in [0.29, 0.717) is 31.2 Å². The molecule has 0 unspecified atom stereocenters. The van der Waals surface area contributed by atoms with E-state index >= 15 is 0 Å². The first-order chi connectivity index (χ1) is 13.1. The molecule has 4 heterocycles. The largest absolute Gasteiger partial charge is 0.422 e. The van der Waals surface area contributed by atoms with Gasteiger partial charge in [0.15, 0.2) is 17.2 Å². The van der Waals surface area contributed by atoms with Crippen LogP contribution < -0.4 is 4.90 Å². The summed E-state index contributed by atoms with van der Waals surface area (Å²) in [6.45, 7) is 5.96. The molecule has 0 radical (unpaired) electrons. The number of piperidine rings is 2. The molecule has 2 aromatic rings. The Morgan fingerprint density at radius 3 is 2.81 bits per heavy atom. The second-order valence-electron chi connectivity index (χ2n) is 7.61. The summed E-state index contributed by atoms with van der Waals surface area (Å²) in [5.41, 5.74) is 1.53. The summed E-state index contributed by atoms with van der Waals surface area (Å²) in [4.78, 5) is 29.8. The van der Waals surface area contributed by atoms with Crippen molar-refractivity contribution in [1.82, 2.24) is 19.9 Å². The van der Waals surface area contributed by atoms with Gasteiger partial charge in [-0.1, -0.05) is 6.92 Å². The van der Waals surface area contributed by atoms with E-state index in [9.17, 15) is 4.79 Å². The molecule has 0 atom stereocenters. The molecule has 1 amide bonds. The number of nitrogens with zero attached hydrogens (tertiary/aromatic N) is 5. The van der Waals surface area contributed by atoms with Gasteiger partial charge in [-0.25, -0.2) is 9.97 Å². The Morgan fingerprint density at radius 2 is 2.07 bits per heavy atom. The molecule has 2 saturated heterocycles. The molecule has 2 fully saturated rings. The summed E-state index contributed by atoms with van der Waals surface area (Å²) in [5.74, 6) is 1.81. The number of ether oxygens (including phenoxy) is 1. The Labute approximate surface area is 158 Å². The maximum Gasteiger partial charge on any atom is 0.252 e. The molecule has 146 valence electrons. The van der Waals surface area contributed by atoms with E-state index < -0.39 is 0 Å². The maximum atomic E-state index is 12.2. The van der Waals surface area contributed by atoms with Crippen molar-refractivity contribution in [2.24, 2.45) is 5.41 Å². The van der Waals surface area contributed by atoms with Crippen LogP contribution in [0.3, 0.4) is 0 Å². The molecule has 0 N–H and O–H groups in total. The highest BCUT2D eigenvalue weighted by atomic mass is 16.5. The fourth-order valence-electron chi connectivity index (χ4n) is 4.28. The number of rotatable bonds is 5. The van der Waals surface area contributed by atoms with Crippen molar-refractivity contribution in [2.45, 2.75) is 39.0 Å². The van der Waals surface area contributed by atoms with Gasteiger partial charge in [0.05, 0.1) is 6.61 Å². The number of aromatic nitrogens is 3. The quantitative estimate of drug-likeness (QED) is 0.793. The first kappa shape index (κ1) is 18.2. The zero-order valence-corrected chi connectivity index (χ0v) is 16.1. The molecule has 0 aliphatic carbocycles. The van der Waals surface area contributed by atoms with Crippen molar-refractivity contribution in [3.63, 3.8) is 0 Å². The number of oxazole rings is 1. The third kappa shape index (κ3) is 3.50. The van der Waals surface area contributed by atoms with Gasteiger partial charge in [-0.15, -0.1) is 0 Å². The second kappa shape index (κ2) is 7.42. The van der Waals surface area contributed by atoms with Gasteiger partial charge in [-0.3, -0.25) is 4.79 Å².